The van der Waals surface area contributed by atoms with Crippen molar-refractivity contribution in [1.29, 1.82) is 0 Å². The van der Waals surface area contributed by atoms with Gasteiger partial charge < -0.3 is 33.5 Å². The predicted molar refractivity (Wildman–Crippen MR) is 123 cm³/mol. The van der Waals surface area contributed by atoms with Crippen molar-refractivity contribution >= 4 is 23.9 Å². The molecule has 5 rings (SSSR count). The summed E-state index contributed by atoms with van der Waals surface area (Å²) in [7, 11) is 0. The number of aliphatic hydroxyl groups is 1. The molecule has 0 amide bonds. The zero-order valence-corrected chi connectivity index (χ0v) is 22.1. The van der Waals surface area contributed by atoms with E-state index in [0.717, 1.165) is 0 Å². The molecule has 1 spiro atoms. The average molecular weight is 523 g/mol. The van der Waals surface area contributed by atoms with Gasteiger partial charge in [0.15, 0.2) is 17.3 Å². The summed E-state index contributed by atoms with van der Waals surface area (Å²) in [6.45, 7) is 10.7. The SMILES string of the molecule is CC(=O)OC1C[C@H](OC(C)=O)[C@@]2(C)[C@@H](OC(C)=O)C[C@@H]3O[C@]3(C)[C@@H]2[C@H](O)[C@]23O[C@@]2(C)C(=O)O[C@H]3/C=C\1C. The summed E-state index contributed by atoms with van der Waals surface area (Å²) in [5.41, 5.74) is -4.47. The Balaban J connectivity index is 1.74. The summed E-state index contributed by atoms with van der Waals surface area (Å²) in [6, 6.07) is 0. The smallest absolute Gasteiger partial charge is 0.342 e. The molecule has 1 N–H and O–H groups in total. The lowest BCUT2D eigenvalue weighted by Crippen LogP contribution is -2.66. The first-order valence-electron chi connectivity index (χ1n) is 12.6. The Morgan fingerprint density at radius 2 is 1.54 bits per heavy atom. The van der Waals surface area contributed by atoms with Gasteiger partial charge in [0.05, 0.1) is 23.2 Å². The quantitative estimate of drug-likeness (QED) is 0.246. The number of carbonyl (C=O) groups is 4. The summed E-state index contributed by atoms with van der Waals surface area (Å²) in [5, 5.41) is 12.2. The molecule has 0 aromatic heterocycles. The summed E-state index contributed by atoms with van der Waals surface area (Å²) < 4.78 is 35.1. The van der Waals surface area contributed by atoms with Gasteiger partial charge in [0.1, 0.15) is 18.3 Å². The van der Waals surface area contributed by atoms with E-state index in [1.807, 2.05) is 6.92 Å². The molecule has 4 fully saturated rings. The van der Waals surface area contributed by atoms with Crippen LogP contribution in [0.4, 0.5) is 0 Å². The number of hydrogen-bond donors (Lipinski definition) is 1. The summed E-state index contributed by atoms with van der Waals surface area (Å²) >= 11 is 0. The fourth-order valence-electron chi connectivity index (χ4n) is 7.30. The van der Waals surface area contributed by atoms with Gasteiger partial charge >= 0.3 is 23.9 Å². The van der Waals surface area contributed by atoms with Crippen molar-refractivity contribution in [3.8, 4) is 0 Å². The molecule has 11 atom stereocenters. The zero-order valence-electron chi connectivity index (χ0n) is 22.1. The molecule has 1 unspecified atom stereocenters. The molecular formula is C26H34O11. The van der Waals surface area contributed by atoms with Gasteiger partial charge in [-0.25, -0.2) is 4.79 Å². The number of aliphatic hydroxyl groups excluding tert-OH is 1. The molecule has 11 heteroatoms. The van der Waals surface area contributed by atoms with Crippen molar-refractivity contribution in [3.05, 3.63) is 11.6 Å². The Morgan fingerprint density at radius 3 is 2.08 bits per heavy atom. The maximum atomic E-state index is 12.9. The minimum absolute atomic E-state index is 0.0194. The topological polar surface area (TPSA) is 150 Å². The molecule has 0 aromatic carbocycles. The molecule has 204 valence electrons. The number of carbonyl (C=O) groups excluding carboxylic acids is 4. The third kappa shape index (κ3) is 3.50. The number of ether oxygens (including phenoxy) is 6. The van der Waals surface area contributed by atoms with Crippen LogP contribution in [0.15, 0.2) is 11.6 Å². The molecule has 0 aromatic rings. The molecule has 37 heavy (non-hydrogen) atoms. The van der Waals surface area contributed by atoms with Gasteiger partial charge in [-0.2, -0.15) is 0 Å². The molecule has 3 aliphatic heterocycles. The number of fused-ring (bicyclic) bond motifs is 3. The normalized spacial score (nSPS) is 51.0. The minimum Gasteiger partial charge on any atom is -0.462 e. The molecule has 1 saturated carbocycles. The lowest BCUT2D eigenvalue weighted by molar-refractivity contribution is -0.208. The average Bonchev–Trinajstić information content (AvgIpc) is 3.60. The number of rotatable bonds is 3. The minimum atomic E-state index is -1.46. The van der Waals surface area contributed by atoms with Crippen molar-refractivity contribution in [2.75, 3.05) is 0 Å². The Kier molecular flexibility index (Phi) is 5.65. The molecule has 0 radical (unpaired) electrons. The van der Waals surface area contributed by atoms with Gasteiger partial charge in [0, 0.05) is 39.5 Å². The van der Waals surface area contributed by atoms with Crippen molar-refractivity contribution in [1.82, 2.24) is 0 Å². The van der Waals surface area contributed by atoms with E-state index in [1.165, 1.54) is 20.8 Å². The first-order chi connectivity index (χ1) is 17.1. The standard InChI is InChI=1S/C26H34O11/c1-11-8-19-26(25(7,37-26)22(31)35-19)21(30)20-23(5,16(33-13(3)28)9-15(11)32-12(2)27)17(34-14(4)29)10-18-24(20,6)36-18/h8,15-21,30H,9-10H2,1-7H3/b11-8-/t15?,16-,17-,18-,19-,20+,21-,23-,24-,25-,26-/m0/s1. The van der Waals surface area contributed by atoms with Crippen molar-refractivity contribution in [2.24, 2.45) is 11.3 Å². The van der Waals surface area contributed by atoms with Crippen LogP contribution in [-0.2, 0) is 47.6 Å². The predicted octanol–water partition coefficient (Wildman–Crippen LogP) is 1.13. The van der Waals surface area contributed by atoms with Crippen LogP contribution in [0.3, 0.4) is 0 Å². The van der Waals surface area contributed by atoms with Crippen LogP contribution in [0.25, 0.3) is 0 Å². The van der Waals surface area contributed by atoms with Crippen molar-refractivity contribution in [2.45, 2.75) is 115 Å². The Labute approximate surface area is 214 Å². The highest BCUT2D eigenvalue weighted by Crippen LogP contribution is 2.69. The second kappa shape index (κ2) is 8.00. The monoisotopic (exact) mass is 522 g/mol. The van der Waals surface area contributed by atoms with Gasteiger partial charge in [0.2, 0.25) is 0 Å². The first kappa shape index (κ1) is 26.1. The second-order valence-electron chi connectivity index (χ2n) is 11.5. The van der Waals surface area contributed by atoms with Crippen molar-refractivity contribution in [3.63, 3.8) is 0 Å². The van der Waals surface area contributed by atoms with Gasteiger partial charge in [0.25, 0.3) is 0 Å². The maximum Gasteiger partial charge on any atom is 0.342 e. The van der Waals surface area contributed by atoms with E-state index in [2.05, 4.69) is 0 Å². The van der Waals surface area contributed by atoms with Crippen LogP contribution >= 0.6 is 0 Å². The van der Waals surface area contributed by atoms with Gasteiger partial charge in [-0.3, -0.25) is 14.4 Å². The zero-order chi connectivity index (χ0) is 27.3. The summed E-state index contributed by atoms with van der Waals surface area (Å²) in [5.74, 6) is -3.13. The molecular weight excluding hydrogens is 488 g/mol. The highest BCUT2D eigenvalue weighted by molar-refractivity contribution is 5.89. The Morgan fingerprint density at radius 1 is 0.973 bits per heavy atom. The van der Waals surface area contributed by atoms with Gasteiger partial charge in [-0.1, -0.05) is 6.92 Å². The number of hydrogen-bond acceptors (Lipinski definition) is 11. The van der Waals surface area contributed by atoms with Crippen LogP contribution in [0.1, 0.15) is 61.3 Å². The third-order valence-electron chi connectivity index (χ3n) is 9.23. The Hall–Kier alpha value is -2.50. The maximum absolute atomic E-state index is 12.9. The lowest BCUT2D eigenvalue weighted by atomic mass is 9.53. The molecule has 11 nitrogen and oxygen atoms in total. The van der Waals surface area contributed by atoms with E-state index in [1.54, 1.807) is 26.8 Å². The van der Waals surface area contributed by atoms with E-state index in [9.17, 15) is 24.3 Å². The van der Waals surface area contributed by atoms with Crippen LogP contribution in [0.5, 0.6) is 0 Å². The van der Waals surface area contributed by atoms with Crippen LogP contribution in [-0.4, -0.2) is 82.4 Å². The Bertz CT molecular complexity index is 1100. The lowest BCUT2D eigenvalue weighted by Gasteiger charge is -2.53. The van der Waals surface area contributed by atoms with Crippen LogP contribution < -0.4 is 0 Å². The van der Waals surface area contributed by atoms with E-state index in [0.29, 0.717) is 12.0 Å². The van der Waals surface area contributed by atoms with Gasteiger partial charge in [-0.05, 0) is 32.4 Å². The summed E-state index contributed by atoms with van der Waals surface area (Å²) in [6.07, 6.45) is -3.35. The molecule has 5 aliphatic rings. The largest absolute Gasteiger partial charge is 0.462 e. The van der Waals surface area contributed by atoms with Crippen molar-refractivity contribution < 1.29 is 52.7 Å². The number of epoxide rings is 2. The molecule has 3 heterocycles. The second-order valence-corrected chi connectivity index (χ2v) is 11.5. The van der Waals surface area contributed by atoms with E-state index >= 15 is 0 Å². The first-order valence-corrected chi connectivity index (χ1v) is 12.6. The van der Waals surface area contributed by atoms with Crippen LogP contribution in [0.2, 0.25) is 0 Å². The number of esters is 4. The van der Waals surface area contributed by atoms with E-state index in [-0.39, 0.29) is 12.5 Å². The fourth-order valence-corrected chi connectivity index (χ4v) is 7.30. The highest BCUT2D eigenvalue weighted by Gasteiger charge is 2.88. The van der Waals surface area contributed by atoms with E-state index < -0.39 is 82.5 Å². The third-order valence-corrected chi connectivity index (χ3v) is 9.23. The van der Waals surface area contributed by atoms with E-state index in [4.69, 9.17) is 28.4 Å². The highest BCUT2D eigenvalue weighted by atomic mass is 16.7. The van der Waals surface area contributed by atoms with Crippen LogP contribution in [0, 0.1) is 11.3 Å². The van der Waals surface area contributed by atoms with Gasteiger partial charge in [-0.15, -0.1) is 0 Å². The molecule has 0 bridgehead atoms. The molecule has 3 saturated heterocycles. The molecule has 2 aliphatic carbocycles. The fraction of sp³-hybridized carbons (Fsp3) is 0.769. The summed E-state index contributed by atoms with van der Waals surface area (Å²) in [4.78, 5) is 49.6.